The Hall–Kier alpha value is -1.42. The van der Waals surface area contributed by atoms with Gasteiger partial charge in [0.25, 0.3) is 15.8 Å². The lowest BCUT2D eigenvalue weighted by atomic mass is 10.1. The highest BCUT2D eigenvalue weighted by atomic mass is 32.2. The quantitative estimate of drug-likeness (QED) is 0.826. The van der Waals surface area contributed by atoms with Gasteiger partial charge in [0.05, 0.1) is 11.5 Å². The fraction of sp³-hybridized carbons (Fsp3) is 0.571. The molecule has 1 saturated carbocycles. The normalized spacial score (nSPS) is 23.2. The summed E-state index contributed by atoms with van der Waals surface area (Å²) in [6.07, 6.45) is -1.91. The number of hydrogen-bond donors (Lipinski definition) is 1. The van der Waals surface area contributed by atoms with E-state index in [9.17, 15) is 35.5 Å². The van der Waals surface area contributed by atoms with E-state index in [0.717, 1.165) is 18.9 Å². The molecule has 24 heavy (non-hydrogen) atoms. The van der Waals surface area contributed by atoms with Gasteiger partial charge in [-0.2, -0.15) is 13.2 Å². The van der Waals surface area contributed by atoms with Crippen LogP contribution in [0.4, 0.5) is 22.0 Å². The Morgan fingerprint density at radius 2 is 1.88 bits per heavy atom. The summed E-state index contributed by atoms with van der Waals surface area (Å²) in [6, 6.07) is 1.50. The molecule has 0 heterocycles. The highest BCUT2D eigenvalue weighted by Gasteiger charge is 2.55. The van der Waals surface area contributed by atoms with E-state index >= 15 is 0 Å². The predicted octanol–water partition coefficient (Wildman–Crippen LogP) is 2.99. The third-order valence-corrected chi connectivity index (χ3v) is 5.67. The lowest BCUT2D eigenvalue weighted by Crippen LogP contribution is -2.26. The van der Waals surface area contributed by atoms with Crippen LogP contribution in [0.3, 0.4) is 0 Å². The Labute approximate surface area is 134 Å². The zero-order valence-corrected chi connectivity index (χ0v) is 12.9. The first-order valence-electron chi connectivity index (χ1n) is 7.11. The first-order valence-corrected chi connectivity index (χ1v) is 8.59. The molecule has 0 spiro atoms. The monoisotopic (exact) mass is 372 g/mol. The number of halogens is 5. The zero-order valence-electron chi connectivity index (χ0n) is 12.1. The highest BCUT2D eigenvalue weighted by Crippen LogP contribution is 2.50. The van der Waals surface area contributed by atoms with Gasteiger partial charge in [-0.3, -0.25) is 0 Å². The third-order valence-electron chi connectivity index (χ3n) is 4.13. The predicted molar refractivity (Wildman–Crippen MR) is 71.5 cm³/mol. The molecule has 0 aromatic heterocycles. The Balaban J connectivity index is 2.12. The van der Waals surface area contributed by atoms with Crippen molar-refractivity contribution in [3.63, 3.8) is 0 Å². The van der Waals surface area contributed by atoms with E-state index in [0.29, 0.717) is 6.07 Å². The van der Waals surface area contributed by atoms with Crippen LogP contribution in [0.1, 0.15) is 30.1 Å². The number of alkyl halides is 5. The van der Waals surface area contributed by atoms with Crippen molar-refractivity contribution in [1.82, 2.24) is 0 Å². The summed E-state index contributed by atoms with van der Waals surface area (Å²) in [7, 11) is -5.87. The third kappa shape index (κ3) is 2.75. The molecule has 1 atom stereocenters. The summed E-state index contributed by atoms with van der Waals surface area (Å²) in [5, 5.41) is 9.70. The van der Waals surface area contributed by atoms with Crippen molar-refractivity contribution in [2.75, 3.05) is 6.61 Å². The molecule has 4 nitrogen and oxygen atoms in total. The molecule has 1 N–H and O–H groups in total. The van der Waals surface area contributed by atoms with Crippen LogP contribution in [0.25, 0.3) is 0 Å². The number of ether oxygens (including phenoxy) is 1. The van der Waals surface area contributed by atoms with Gasteiger partial charge in [-0.1, -0.05) is 0 Å². The maximum atomic E-state index is 13.8. The van der Waals surface area contributed by atoms with Gasteiger partial charge >= 0.3 is 5.51 Å². The molecule has 0 saturated heterocycles. The minimum absolute atomic E-state index is 0.116. The van der Waals surface area contributed by atoms with Gasteiger partial charge in [0.2, 0.25) is 0 Å². The van der Waals surface area contributed by atoms with E-state index in [1.807, 2.05) is 0 Å². The van der Waals surface area contributed by atoms with Crippen molar-refractivity contribution in [2.24, 2.45) is 5.92 Å². The summed E-state index contributed by atoms with van der Waals surface area (Å²) in [5.74, 6) is -3.63. The second-order valence-electron chi connectivity index (χ2n) is 6.00. The van der Waals surface area contributed by atoms with Crippen molar-refractivity contribution < 1.29 is 40.2 Å². The second kappa shape index (κ2) is 5.29. The molecule has 0 aliphatic heterocycles. The number of aliphatic hydroxyl groups excluding tert-OH is 1. The Morgan fingerprint density at radius 1 is 1.25 bits per heavy atom. The van der Waals surface area contributed by atoms with Crippen LogP contribution >= 0.6 is 0 Å². The van der Waals surface area contributed by atoms with Gasteiger partial charge in [-0.25, -0.2) is 17.2 Å². The van der Waals surface area contributed by atoms with Gasteiger partial charge in [-0.05, 0) is 30.9 Å². The largest absolute Gasteiger partial charge is 0.501 e. The van der Waals surface area contributed by atoms with Crippen LogP contribution in [-0.4, -0.2) is 31.6 Å². The van der Waals surface area contributed by atoms with Gasteiger partial charge in [0.1, 0.15) is 11.9 Å². The van der Waals surface area contributed by atoms with Crippen LogP contribution in [0.15, 0.2) is 17.0 Å². The highest BCUT2D eigenvalue weighted by molar-refractivity contribution is 7.92. The number of hydrogen-bond acceptors (Lipinski definition) is 4. The second-order valence-corrected chi connectivity index (χ2v) is 7.91. The average Bonchev–Trinajstić information content (AvgIpc) is 3.23. The van der Waals surface area contributed by atoms with Crippen LogP contribution in [-0.2, 0) is 16.3 Å². The van der Waals surface area contributed by atoms with E-state index in [4.69, 9.17) is 4.74 Å². The number of aliphatic hydroxyl groups is 1. The topological polar surface area (TPSA) is 63.6 Å². The molecular weight excluding hydrogens is 359 g/mol. The van der Waals surface area contributed by atoms with Crippen LogP contribution in [0.5, 0.6) is 5.75 Å². The summed E-state index contributed by atoms with van der Waals surface area (Å²) in [6.45, 7) is 0.208. The van der Waals surface area contributed by atoms with Gasteiger partial charge in [0.15, 0.2) is 0 Å². The molecule has 2 aliphatic carbocycles. The van der Waals surface area contributed by atoms with E-state index in [-0.39, 0.29) is 18.3 Å². The molecule has 1 fully saturated rings. The summed E-state index contributed by atoms with van der Waals surface area (Å²) < 4.78 is 94.6. The Morgan fingerprint density at radius 3 is 2.42 bits per heavy atom. The van der Waals surface area contributed by atoms with E-state index in [2.05, 4.69) is 0 Å². The fourth-order valence-corrected chi connectivity index (χ4v) is 3.66. The number of rotatable bonds is 4. The van der Waals surface area contributed by atoms with Crippen LogP contribution in [0.2, 0.25) is 0 Å². The standard InChI is InChI=1S/C14H13F5O4S/c15-13(16)5-8-9(23-6-7-1-2-7)3-4-10(11(8)12(13)20)24(21,22)14(17,18)19/h3-4,7,12,20H,1-2,5-6H2/t12-/m0/s1. The Kier molecular flexibility index (Phi) is 3.83. The van der Waals surface area contributed by atoms with Gasteiger partial charge in [0, 0.05) is 17.5 Å². The first kappa shape index (κ1) is 17.4. The van der Waals surface area contributed by atoms with Gasteiger partial charge < -0.3 is 9.84 Å². The van der Waals surface area contributed by atoms with Crippen LogP contribution < -0.4 is 4.74 Å². The minimum atomic E-state index is -5.87. The molecule has 1 aromatic rings. The Bertz CT molecular complexity index is 768. The maximum Gasteiger partial charge on any atom is 0.501 e. The van der Waals surface area contributed by atoms with E-state index < -0.39 is 49.8 Å². The molecule has 2 aliphatic rings. The van der Waals surface area contributed by atoms with Crippen molar-refractivity contribution in [3.05, 3.63) is 23.3 Å². The zero-order chi connectivity index (χ0) is 17.9. The number of sulfone groups is 1. The van der Waals surface area contributed by atoms with Crippen LogP contribution in [0, 0.1) is 5.92 Å². The molecule has 134 valence electrons. The molecule has 10 heteroatoms. The fourth-order valence-electron chi connectivity index (χ4n) is 2.64. The molecule has 1 aromatic carbocycles. The molecule has 0 bridgehead atoms. The lowest BCUT2D eigenvalue weighted by Gasteiger charge is -2.17. The summed E-state index contributed by atoms with van der Waals surface area (Å²) >= 11 is 0. The summed E-state index contributed by atoms with van der Waals surface area (Å²) in [4.78, 5) is -1.35. The SMILES string of the molecule is O=S(=O)(c1ccc(OCC2CC2)c2c1[C@H](O)C(F)(F)C2)C(F)(F)F. The molecule has 0 radical (unpaired) electrons. The summed E-state index contributed by atoms with van der Waals surface area (Å²) in [5.41, 5.74) is -6.97. The molecular formula is C14H13F5O4S. The maximum absolute atomic E-state index is 13.8. The molecule has 0 unspecified atom stereocenters. The van der Waals surface area contributed by atoms with Crippen molar-refractivity contribution >= 4 is 9.84 Å². The van der Waals surface area contributed by atoms with Crippen molar-refractivity contribution in [2.45, 2.75) is 41.7 Å². The first-order chi connectivity index (χ1) is 10.9. The average molecular weight is 372 g/mol. The van der Waals surface area contributed by atoms with E-state index in [1.54, 1.807) is 0 Å². The van der Waals surface area contributed by atoms with Crippen molar-refractivity contribution in [1.29, 1.82) is 0 Å². The van der Waals surface area contributed by atoms with Crippen molar-refractivity contribution in [3.8, 4) is 5.75 Å². The molecule has 3 rings (SSSR count). The number of fused-ring (bicyclic) bond motifs is 1. The van der Waals surface area contributed by atoms with Gasteiger partial charge in [-0.15, -0.1) is 0 Å². The molecule has 0 amide bonds. The van der Waals surface area contributed by atoms with E-state index in [1.165, 1.54) is 0 Å². The lowest BCUT2D eigenvalue weighted by molar-refractivity contribution is -0.0978. The minimum Gasteiger partial charge on any atom is -0.493 e. The number of benzene rings is 1. The smallest absolute Gasteiger partial charge is 0.493 e.